The zero-order chi connectivity index (χ0) is 21.3. The molecule has 9 heteroatoms. The van der Waals surface area contributed by atoms with E-state index >= 15 is 0 Å². The highest BCUT2D eigenvalue weighted by atomic mass is 32.2. The Balaban J connectivity index is 1.59. The molecular weight excluding hydrogens is 406 g/mol. The number of benzene rings is 2. The summed E-state index contributed by atoms with van der Waals surface area (Å²) in [6.07, 6.45) is 0. The van der Waals surface area contributed by atoms with Crippen LogP contribution in [0.5, 0.6) is 0 Å². The van der Waals surface area contributed by atoms with Crippen molar-refractivity contribution < 1.29 is 24.3 Å². The fraction of sp³-hybridized carbons (Fsp3) is 0.286. The molecule has 0 bridgehead atoms. The minimum atomic E-state index is -1.16. The Kier molecular flexibility index (Phi) is 7.83. The van der Waals surface area contributed by atoms with Crippen LogP contribution in [0.2, 0.25) is 0 Å². The third-order valence-electron chi connectivity index (χ3n) is 4.41. The average Bonchev–Trinajstić information content (AvgIpc) is 2.97. The van der Waals surface area contributed by atoms with Crippen molar-refractivity contribution >= 4 is 29.5 Å². The second kappa shape index (κ2) is 10.8. The number of carbonyl (C=O) groups excluding carboxylic acids is 2. The number of nitrogens with one attached hydrogen (secondary N) is 2. The number of hydrogen-bond acceptors (Lipinski definition) is 6. The van der Waals surface area contributed by atoms with Crippen molar-refractivity contribution in [2.45, 2.75) is 17.5 Å². The Morgan fingerprint density at radius 2 is 1.83 bits per heavy atom. The first-order valence-corrected chi connectivity index (χ1v) is 10.4. The zero-order valence-corrected chi connectivity index (χ0v) is 17.1. The van der Waals surface area contributed by atoms with Gasteiger partial charge in [0.2, 0.25) is 11.8 Å². The molecule has 0 aromatic heterocycles. The van der Waals surface area contributed by atoms with E-state index in [9.17, 15) is 14.4 Å². The Hall–Kier alpha value is -2.88. The van der Waals surface area contributed by atoms with Gasteiger partial charge in [-0.05, 0) is 17.2 Å². The Morgan fingerprint density at radius 1 is 1.10 bits per heavy atom. The van der Waals surface area contributed by atoms with E-state index in [0.29, 0.717) is 18.7 Å². The number of hydroxylamine groups is 2. The third-order valence-corrected chi connectivity index (χ3v) is 5.51. The van der Waals surface area contributed by atoms with Gasteiger partial charge >= 0.3 is 5.97 Å². The molecule has 0 fully saturated rings. The number of fused-ring (bicyclic) bond motifs is 1. The molecule has 1 heterocycles. The van der Waals surface area contributed by atoms with E-state index in [1.165, 1.54) is 4.90 Å². The van der Waals surface area contributed by atoms with Crippen LogP contribution in [0, 0.1) is 0 Å². The summed E-state index contributed by atoms with van der Waals surface area (Å²) in [5.41, 5.74) is 1.68. The van der Waals surface area contributed by atoms with E-state index < -0.39 is 30.4 Å². The molecule has 2 amide bonds. The number of carboxylic acids is 1. The van der Waals surface area contributed by atoms with Gasteiger partial charge in [-0.2, -0.15) is 5.06 Å². The van der Waals surface area contributed by atoms with E-state index in [2.05, 4.69) is 16.7 Å². The second-order valence-corrected chi connectivity index (χ2v) is 7.75. The Morgan fingerprint density at radius 3 is 2.60 bits per heavy atom. The van der Waals surface area contributed by atoms with Gasteiger partial charge < -0.3 is 15.7 Å². The fourth-order valence-corrected chi connectivity index (χ4v) is 3.98. The van der Waals surface area contributed by atoms with E-state index in [-0.39, 0.29) is 6.61 Å². The van der Waals surface area contributed by atoms with Crippen LogP contribution in [0.4, 0.5) is 0 Å². The average molecular weight is 429 g/mol. The van der Waals surface area contributed by atoms with Crippen molar-refractivity contribution in [1.29, 1.82) is 0 Å². The van der Waals surface area contributed by atoms with Crippen LogP contribution in [-0.4, -0.2) is 53.4 Å². The molecular formula is C21H23N3O5S. The van der Waals surface area contributed by atoms with Crippen molar-refractivity contribution in [3.05, 3.63) is 65.7 Å². The maximum atomic E-state index is 12.5. The quantitative estimate of drug-likeness (QED) is 0.585. The minimum absolute atomic E-state index is 0.248. The zero-order valence-electron chi connectivity index (χ0n) is 16.2. The summed E-state index contributed by atoms with van der Waals surface area (Å²) < 4.78 is 0. The SMILES string of the molecule is O=C(O)CNC(=O)[C@H](NC(=O)CON1CCSc2ccccc2C1)c1ccccc1. The predicted molar refractivity (Wildman–Crippen MR) is 111 cm³/mol. The van der Waals surface area contributed by atoms with Crippen LogP contribution in [0.25, 0.3) is 0 Å². The normalized spacial score (nSPS) is 14.8. The number of amides is 2. The van der Waals surface area contributed by atoms with Gasteiger partial charge in [0, 0.05) is 17.2 Å². The van der Waals surface area contributed by atoms with Crippen LogP contribution in [-0.2, 0) is 25.8 Å². The van der Waals surface area contributed by atoms with Crippen LogP contribution < -0.4 is 10.6 Å². The molecule has 0 unspecified atom stereocenters. The van der Waals surface area contributed by atoms with Crippen molar-refractivity contribution in [2.75, 3.05) is 25.4 Å². The number of carbonyl (C=O) groups is 3. The standard InChI is InChI=1S/C21H23N3O5S/c25-18(14-29-24-10-11-30-17-9-5-4-8-16(17)13-24)23-20(15-6-2-1-3-7-15)21(28)22-12-19(26)27/h1-9,20H,10-14H2,(H,22,28)(H,23,25)(H,26,27)/t20-/m1/s1. The number of nitrogens with zero attached hydrogens (tertiary/aromatic N) is 1. The van der Waals surface area contributed by atoms with E-state index in [1.54, 1.807) is 47.2 Å². The lowest BCUT2D eigenvalue weighted by Crippen LogP contribution is -2.43. The molecule has 1 aliphatic heterocycles. The fourth-order valence-electron chi connectivity index (χ4n) is 2.98. The molecule has 158 valence electrons. The van der Waals surface area contributed by atoms with Crippen LogP contribution in [0.3, 0.4) is 0 Å². The molecule has 2 aromatic carbocycles. The van der Waals surface area contributed by atoms with Gasteiger partial charge in [0.1, 0.15) is 19.2 Å². The molecule has 3 N–H and O–H groups in total. The third kappa shape index (κ3) is 6.31. The van der Waals surface area contributed by atoms with Gasteiger partial charge in [0.25, 0.3) is 0 Å². The smallest absolute Gasteiger partial charge is 0.322 e. The Labute approximate surface area is 178 Å². The number of carboxylic acid groups (broad SMARTS) is 1. The van der Waals surface area contributed by atoms with Gasteiger partial charge in [0.05, 0.1) is 6.54 Å². The molecule has 0 radical (unpaired) electrons. The summed E-state index contributed by atoms with van der Waals surface area (Å²) in [6, 6.07) is 15.7. The molecule has 0 saturated carbocycles. The number of hydrogen-bond donors (Lipinski definition) is 3. The number of rotatable bonds is 8. The van der Waals surface area contributed by atoms with E-state index in [4.69, 9.17) is 9.94 Å². The van der Waals surface area contributed by atoms with Crippen molar-refractivity contribution in [2.24, 2.45) is 0 Å². The van der Waals surface area contributed by atoms with Crippen molar-refractivity contribution in [1.82, 2.24) is 15.7 Å². The van der Waals surface area contributed by atoms with Gasteiger partial charge in [-0.1, -0.05) is 48.5 Å². The molecule has 0 spiro atoms. The summed E-state index contributed by atoms with van der Waals surface area (Å²) >= 11 is 1.74. The van der Waals surface area contributed by atoms with Gasteiger partial charge in [0.15, 0.2) is 0 Å². The van der Waals surface area contributed by atoms with Crippen molar-refractivity contribution in [3.63, 3.8) is 0 Å². The lowest BCUT2D eigenvalue weighted by Gasteiger charge is -2.21. The van der Waals surface area contributed by atoms with Gasteiger partial charge in [-0.15, -0.1) is 11.8 Å². The molecule has 1 aliphatic rings. The highest BCUT2D eigenvalue weighted by molar-refractivity contribution is 7.99. The molecule has 0 saturated heterocycles. The summed E-state index contributed by atoms with van der Waals surface area (Å²) in [6.45, 7) is 0.452. The van der Waals surface area contributed by atoms with Gasteiger partial charge in [-0.25, -0.2) is 0 Å². The van der Waals surface area contributed by atoms with Crippen LogP contribution in [0.1, 0.15) is 17.2 Å². The highest BCUT2D eigenvalue weighted by Gasteiger charge is 2.24. The maximum absolute atomic E-state index is 12.5. The predicted octanol–water partition coefficient (Wildman–Crippen LogP) is 1.58. The van der Waals surface area contributed by atoms with Crippen LogP contribution >= 0.6 is 11.8 Å². The summed E-state index contributed by atoms with van der Waals surface area (Å²) in [4.78, 5) is 42.5. The molecule has 0 aliphatic carbocycles. The number of aliphatic carboxylic acids is 1. The van der Waals surface area contributed by atoms with Crippen molar-refractivity contribution in [3.8, 4) is 0 Å². The van der Waals surface area contributed by atoms with E-state index in [0.717, 1.165) is 11.3 Å². The van der Waals surface area contributed by atoms with E-state index in [1.807, 2.05) is 18.2 Å². The topological polar surface area (TPSA) is 108 Å². The highest BCUT2D eigenvalue weighted by Crippen LogP contribution is 2.27. The minimum Gasteiger partial charge on any atom is -0.480 e. The first-order chi connectivity index (χ1) is 14.5. The first-order valence-electron chi connectivity index (χ1n) is 9.45. The second-order valence-electron chi connectivity index (χ2n) is 6.62. The molecule has 30 heavy (non-hydrogen) atoms. The number of thioether (sulfide) groups is 1. The monoisotopic (exact) mass is 429 g/mol. The Bertz CT molecular complexity index is 893. The molecule has 3 rings (SSSR count). The summed E-state index contributed by atoms with van der Waals surface area (Å²) in [5, 5.41) is 15.5. The lowest BCUT2D eigenvalue weighted by atomic mass is 10.1. The molecule has 2 aromatic rings. The lowest BCUT2D eigenvalue weighted by molar-refractivity contribution is -0.173. The summed E-state index contributed by atoms with van der Waals surface area (Å²) in [5.74, 6) is -1.40. The summed E-state index contributed by atoms with van der Waals surface area (Å²) in [7, 11) is 0. The van der Waals surface area contributed by atoms with Gasteiger partial charge in [-0.3, -0.25) is 19.2 Å². The molecule has 8 nitrogen and oxygen atoms in total. The van der Waals surface area contributed by atoms with Crippen LogP contribution in [0.15, 0.2) is 59.5 Å². The maximum Gasteiger partial charge on any atom is 0.322 e. The molecule has 1 atom stereocenters. The largest absolute Gasteiger partial charge is 0.480 e. The first kappa shape index (κ1) is 21.8.